The molecule has 2 heterocycles. The second-order valence-corrected chi connectivity index (χ2v) is 9.13. The summed E-state index contributed by atoms with van der Waals surface area (Å²) in [6.45, 7) is -0.133. The van der Waals surface area contributed by atoms with Crippen molar-refractivity contribution in [2.45, 2.75) is 23.3 Å². The third kappa shape index (κ3) is 3.43. The van der Waals surface area contributed by atoms with Crippen molar-refractivity contribution in [3.8, 4) is 0 Å². The van der Waals surface area contributed by atoms with Crippen molar-refractivity contribution in [2.24, 2.45) is 0 Å². The molecular weight excluding hydrogens is 440 g/mol. The van der Waals surface area contributed by atoms with Crippen molar-refractivity contribution < 1.29 is 19.2 Å². The first-order valence-corrected chi connectivity index (χ1v) is 11.0. The molecule has 0 bridgehead atoms. The van der Waals surface area contributed by atoms with E-state index in [0.29, 0.717) is 29.2 Å². The number of hydrogen-bond donors (Lipinski definition) is 3. The van der Waals surface area contributed by atoms with Gasteiger partial charge in [-0.15, -0.1) is 11.8 Å². The summed E-state index contributed by atoms with van der Waals surface area (Å²) in [4.78, 5) is 51.1. The van der Waals surface area contributed by atoms with Crippen molar-refractivity contribution in [1.29, 1.82) is 0 Å². The first-order valence-electron chi connectivity index (χ1n) is 9.62. The standard InChI is InChI=1S/C21H17ClN4O4S/c22-14-2-1-3-15-18(14)31-10-17(28)26(15)9-16(27)23-13-5-4-11-7-21(8-12(11)6-13)19(29)24-20(30)25-21/h1-6H,7-10H2,(H,23,27)(H2,24,25,29,30). The highest BCUT2D eigenvalue weighted by atomic mass is 35.5. The number of amides is 5. The Bertz CT molecular complexity index is 1170. The predicted octanol–water partition coefficient (Wildman–Crippen LogP) is 2.09. The molecule has 2 aliphatic heterocycles. The van der Waals surface area contributed by atoms with Crippen LogP contribution in [0.3, 0.4) is 0 Å². The number of nitrogens with zero attached hydrogens (tertiary/aromatic N) is 1. The van der Waals surface area contributed by atoms with Gasteiger partial charge in [-0.1, -0.05) is 23.7 Å². The van der Waals surface area contributed by atoms with Gasteiger partial charge in [0.25, 0.3) is 5.91 Å². The van der Waals surface area contributed by atoms with Gasteiger partial charge < -0.3 is 15.5 Å². The number of carbonyl (C=O) groups is 4. The smallest absolute Gasteiger partial charge is 0.322 e. The van der Waals surface area contributed by atoms with Gasteiger partial charge in [-0.25, -0.2) is 4.79 Å². The van der Waals surface area contributed by atoms with Gasteiger partial charge in [0.15, 0.2) is 0 Å². The molecule has 1 saturated heterocycles. The zero-order valence-electron chi connectivity index (χ0n) is 16.2. The molecule has 5 amide bonds. The van der Waals surface area contributed by atoms with E-state index in [1.807, 2.05) is 6.07 Å². The van der Waals surface area contributed by atoms with Crippen LogP contribution in [0.2, 0.25) is 5.02 Å². The van der Waals surface area contributed by atoms with Crippen molar-refractivity contribution >= 4 is 58.5 Å². The number of thioether (sulfide) groups is 1. The number of fused-ring (bicyclic) bond motifs is 2. The lowest BCUT2D eigenvalue weighted by atomic mass is 9.96. The van der Waals surface area contributed by atoms with Crippen molar-refractivity contribution in [3.63, 3.8) is 0 Å². The Morgan fingerprint density at radius 1 is 1.16 bits per heavy atom. The van der Waals surface area contributed by atoms with Gasteiger partial charge >= 0.3 is 6.03 Å². The van der Waals surface area contributed by atoms with E-state index in [0.717, 1.165) is 16.0 Å². The molecule has 31 heavy (non-hydrogen) atoms. The van der Waals surface area contributed by atoms with Gasteiger partial charge in [0.2, 0.25) is 11.8 Å². The van der Waals surface area contributed by atoms with E-state index < -0.39 is 11.6 Å². The predicted molar refractivity (Wildman–Crippen MR) is 116 cm³/mol. The number of imide groups is 1. The third-order valence-electron chi connectivity index (χ3n) is 5.67. The van der Waals surface area contributed by atoms with Gasteiger partial charge in [0.1, 0.15) is 12.1 Å². The molecule has 5 rings (SSSR count). The van der Waals surface area contributed by atoms with Gasteiger partial charge in [-0.2, -0.15) is 0 Å². The topological polar surface area (TPSA) is 108 Å². The summed E-state index contributed by atoms with van der Waals surface area (Å²) < 4.78 is 0. The van der Waals surface area contributed by atoms with Crippen LogP contribution in [0.5, 0.6) is 0 Å². The maximum Gasteiger partial charge on any atom is 0.322 e. The summed E-state index contributed by atoms with van der Waals surface area (Å²) in [6.07, 6.45) is 0.767. The summed E-state index contributed by atoms with van der Waals surface area (Å²) >= 11 is 7.60. The zero-order chi connectivity index (χ0) is 21.8. The number of carbonyl (C=O) groups excluding carboxylic acids is 4. The molecule has 10 heteroatoms. The summed E-state index contributed by atoms with van der Waals surface area (Å²) in [5.74, 6) is -0.615. The number of rotatable bonds is 3. The molecule has 0 saturated carbocycles. The van der Waals surface area contributed by atoms with Crippen LogP contribution in [-0.4, -0.2) is 41.6 Å². The molecular formula is C21H17ClN4O4S. The quantitative estimate of drug-likeness (QED) is 0.613. The highest BCUT2D eigenvalue weighted by molar-refractivity contribution is 8.00. The fourth-order valence-corrected chi connectivity index (χ4v) is 5.54. The van der Waals surface area contributed by atoms with Crippen LogP contribution in [-0.2, 0) is 27.2 Å². The first-order chi connectivity index (χ1) is 14.8. The molecule has 0 radical (unpaired) electrons. The van der Waals surface area contributed by atoms with Gasteiger partial charge in [-0.05, 0) is 35.4 Å². The van der Waals surface area contributed by atoms with E-state index in [9.17, 15) is 19.2 Å². The fourth-order valence-electron chi connectivity index (χ4n) is 4.25. The lowest BCUT2D eigenvalue weighted by Gasteiger charge is -2.28. The van der Waals surface area contributed by atoms with Crippen LogP contribution >= 0.6 is 23.4 Å². The molecule has 3 N–H and O–H groups in total. The van der Waals surface area contributed by atoms with Crippen molar-refractivity contribution in [2.75, 3.05) is 22.5 Å². The van der Waals surface area contributed by atoms with Gasteiger partial charge in [0, 0.05) is 18.5 Å². The molecule has 1 fully saturated rings. The lowest BCUT2D eigenvalue weighted by molar-refractivity contribution is -0.123. The van der Waals surface area contributed by atoms with Crippen LogP contribution < -0.4 is 20.9 Å². The van der Waals surface area contributed by atoms with Crippen LogP contribution in [0.1, 0.15) is 11.1 Å². The largest absolute Gasteiger partial charge is 0.325 e. The molecule has 2 aromatic carbocycles. The second kappa shape index (κ2) is 7.28. The van der Waals surface area contributed by atoms with Crippen molar-refractivity contribution in [1.82, 2.24) is 10.6 Å². The first kappa shape index (κ1) is 19.9. The molecule has 2 aromatic rings. The summed E-state index contributed by atoms with van der Waals surface area (Å²) in [7, 11) is 0. The summed E-state index contributed by atoms with van der Waals surface area (Å²) in [5.41, 5.74) is 2.07. The van der Waals surface area contributed by atoms with Gasteiger partial charge in [-0.3, -0.25) is 19.7 Å². The minimum atomic E-state index is -0.955. The Balaban J connectivity index is 1.31. The van der Waals surface area contributed by atoms with Crippen LogP contribution in [0.15, 0.2) is 41.3 Å². The Morgan fingerprint density at radius 2 is 1.97 bits per heavy atom. The average molecular weight is 457 g/mol. The van der Waals surface area contributed by atoms with E-state index in [-0.39, 0.29) is 30.0 Å². The number of anilines is 2. The Labute approximate surface area is 186 Å². The Morgan fingerprint density at radius 3 is 2.74 bits per heavy atom. The fraction of sp³-hybridized carbons (Fsp3) is 0.238. The minimum absolute atomic E-state index is 0.133. The average Bonchev–Trinajstić information content (AvgIpc) is 3.21. The Hall–Kier alpha value is -3.04. The molecule has 3 aliphatic rings. The lowest BCUT2D eigenvalue weighted by Crippen LogP contribution is -2.47. The minimum Gasteiger partial charge on any atom is -0.325 e. The normalized spacial score (nSPS) is 21.6. The molecule has 158 valence electrons. The Kier molecular flexibility index (Phi) is 4.67. The van der Waals surface area contributed by atoms with E-state index >= 15 is 0 Å². The van der Waals surface area contributed by atoms with E-state index in [1.54, 1.807) is 30.3 Å². The maximum absolute atomic E-state index is 12.7. The highest BCUT2D eigenvalue weighted by Gasteiger charge is 2.50. The molecule has 1 atom stereocenters. The van der Waals surface area contributed by atoms with Crippen LogP contribution in [0, 0.1) is 0 Å². The molecule has 1 unspecified atom stereocenters. The van der Waals surface area contributed by atoms with Gasteiger partial charge in [0.05, 0.1) is 21.4 Å². The molecule has 1 spiro atoms. The monoisotopic (exact) mass is 456 g/mol. The van der Waals surface area contributed by atoms with Crippen LogP contribution in [0.4, 0.5) is 16.2 Å². The van der Waals surface area contributed by atoms with E-state index in [2.05, 4.69) is 16.0 Å². The van der Waals surface area contributed by atoms with Crippen molar-refractivity contribution in [3.05, 3.63) is 52.5 Å². The summed E-state index contributed by atoms with van der Waals surface area (Å²) in [6, 6.07) is 10.2. The third-order valence-corrected chi connectivity index (χ3v) is 7.20. The van der Waals surface area contributed by atoms with E-state index in [1.165, 1.54) is 16.7 Å². The second-order valence-electron chi connectivity index (χ2n) is 7.73. The molecule has 0 aromatic heterocycles. The SMILES string of the molecule is O=C(CN1C(=O)CSc2c(Cl)cccc21)Nc1ccc2c(c1)CC1(C2)NC(=O)NC1=O. The number of hydrogen-bond acceptors (Lipinski definition) is 5. The number of benzene rings is 2. The van der Waals surface area contributed by atoms with Crippen LogP contribution in [0.25, 0.3) is 0 Å². The van der Waals surface area contributed by atoms with E-state index in [4.69, 9.17) is 11.6 Å². The zero-order valence-corrected chi connectivity index (χ0v) is 17.7. The number of urea groups is 1. The molecule has 8 nitrogen and oxygen atoms in total. The summed E-state index contributed by atoms with van der Waals surface area (Å²) in [5, 5.41) is 8.38. The molecule has 1 aliphatic carbocycles. The highest BCUT2D eigenvalue weighted by Crippen LogP contribution is 2.40. The number of nitrogens with one attached hydrogen (secondary N) is 3. The number of halogens is 1. The maximum atomic E-state index is 12.7.